The molecule has 0 heterocycles. The van der Waals surface area contributed by atoms with Crippen molar-refractivity contribution in [2.75, 3.05) is 11.5 Å². The standard InChI is InChI=1S/C26H34O4S/c1-25(2,3)19-7-11-21(12-8-19)29-23(27)15-17-31-18-16-24(28)30-22-13-9-20(10-14-22)26(4,5)6/h7-14H,15-18H2,1-6H3. The third-order valence-electron chi connectivity index (χ3n) is 4.81. The average molecular weight is 443 g/mol. The summed E-state index contributed by atoms with van der Waals surface area (Å²) in [4.78, 5) is 24.0. The molecule has 2 aromatic carbocycles. The molecule has 0 aromatic heterocycles. The Balaban J connectivity index is 1.64. The number of hydrogen-bond donors (Lipinski definition) is 0. The highest BCUT2D eigenvalue weighted by Gasteiger charge is 2.15. The van der Waals surface area contributed by atoms with Crippen LogP contribution in [0.25, 0.3) is 0 Å². The van der Waals surface area contributed by atoms with E-state index in [-0.39, 0.29) is 22.8 Å². The second-order valence-electron chi connectivity index (χ2n) is 9.61. The predicted octanol–water partition coefficient (Wildman–Crippen LogP) is 6.31. The summed E-state index contributed by atoms with van der Waals surface area (Å²) in [7, 11) is 0. The van der Waals surface area contributed by atoms with E-state index >= 15 is 0 Å². The minimum Gasteiger partial charge on any atom is -0.427 e. The molecule has 4 nitrogen and oxygen atoms in total. The van der Waals surface area contributed by atoms with Gasteiger partial charge in [-0.05, 0) is 46.2 Å². The van der Waals surface area contributed by atoms with Gasteiger partial charge in [-0.25, -0.2) is 0 Å². The van der Waals surface area contributed by atoms with Gasteiger partial charge in [-0.1, -0.05) is 65.8 Å². The molecular formula is C26H34O4S. The Hall–Kier alpha value is -2.27. The van der Waals surface area contributed by atoms with E-state index in [1.807, 2.05) is 48.5 Å². The fourth-order valence-electron chi connectivity index (χ4n) is 2.82. The average Bonchev–Trinajstić information content (AvgIpc) is 2.67. The first-order valence-electron chi connectivity index (χ1n) is 10.7. The summed E-state index contributed by atoms with van der Waals surface area (Å²) in [6.45, 7) is 12.9. The smallest absolute Gasteiger partial charge is 0.312 e. The summed E-state index contributed by atoms with van der Waals surface area (Å²) in [6.07, 6.45) is 0.601. The molecule has 0 aliphatic rings. The van der Waals surface area contributed by atoms with E-state index in [1.165, 1.54) is 11.1 Å². The van der Waals surface area contributed by atoms with E-state index in [0.717, 1.165) is 0 Å². The molecule has 0 fully saturated rings. The summed E-state index contributed by atoms with van der Waals surface area (Å²) in [5.74, 6) is 1.79. The lowest BCUT2D eigenvalue weighted by molar-refractivity contribution is -0.134. The van der Waals surface area contributed by atoms with E-state index in [1.54, 1.807) is 11.8 Å². The van der Waals surface area contributed by atoms with Crippen molar-refractivity contribution < 1.29 is 19.1 Å². The van der Waals surface area contributed by atoms with Crippen LogP contribution in [0.3, 0.4) is 0 Å². The van der Waals surface area contributed by atoms with Crippen molar-refractivity contribution in [1.82, 2.24) is 0 Å². The second kappa shape index (κ2) is 10.9. The first-order valence-corrected chi connectivity index (χ1v) is 11.8. The van der Waals surface area contributed by atoms with E-state index in [4.69, 9.17) is 9.47 Å². The number of carbonyl (C=O) groups excluding carboxylic acids is 2. The SMILES string of the molecule is CC(C)(C)c1ccc(OC(=O)CCSCCC(=O)Oc2ccc(C(C)(C)C)cc2)cc1. The van der Waals surface area contributed by atoms with Crippen LogP contribution in [-0.2, 0) is 20.4 Å². The topological polar surface area (TPSA) is 52.6 Å². The van der Waals surface area contributed by atoms with Crippen LogP contribution in [0.15, 0.2) is 48.5 Å². The van der Waals surface area contributed by atoms with Gasteiger partial charge < -0.3 is 9.47 Å². The lowest BCUT2D eigenvalue weighted by Crippen LogP contribution is -2.12. The van der Waals surface area contributed by atoms with Crippen LogP contribution < -0.4 is 9.47 Å². The Morgan fingerprint density at radius 2 is 0.968 bits per heavy atom. The zero-order valence-corrected chi connectivity index (χ0v) is 20.3. The molecule has 0 radical (unpaired) electrons. The van der Waals surface area contributed by atoms with Crippen LogP contribution in [0.2, 0.25) is 0 Å². The molecule has 0 N–H and O–H groups in total. The molecule has 0 atom stereocenters. The molecule has 2 aromatic rings. The van der Waals surface area contributed by atoms with Gasteiger partial charge in [0.05, 0.1) is 12.8 Å². The van der Waals surface area contributed by atoms with Crippen LogP contribution in [0.4, 0.5) is 0 Å². The highest BCUT2D eigenvalue weighted by Crippen LogP contribution is 2.25. The Morgan fingerprint density at radius 1 is 0.645 bits per heavy atom. The van der Waals surface area contributed by atoms with E-state index in [0.29, 0.717) is 35.8 Å². The van der Waals surface area contributed by atoms with E-state index < -0.39 is 0 Å². The summed E-state index contributed by atoms with van der Waals surface area (Å²) < 4.78 is 10.8. The third-order valence-corrected chi connectivity index (χ3v) is 5.79. The number of rotatable bonds is 8. The van der Waals surface area contributed by atoms with Crippen molar-refractivity contribution in [3.8, 4) is 11.5 Å². The van der Waals surface area contributed by atoms with Crippen molar-refractivity contribution in [1.29, 1.82) is 0 Å². The van der Waals surface area contributed by atoms with Crippen LogP contribution in [0, 0.1) is 0 Å². The molecular weight excluding hydrogens is 408 g/mol. The van der Waals surface area contributed by atoms with Crippen molar-refractivity contribution in [3.63, 3.8) is 0 Å². The zero-order chi connectivity index (χ0) is 23.1. The van der Waals surface area contributed by atoms with Gasteiger partial charge in [0.25, 0.3) is 0 Å². The minimum atomic E-state index is -0.266. The number of hydrogen-bond acceptors (Lipinski definition) is 5. The Bertz CT molecular complexity index is 783. The number of carbonyl (C=O) groups is 2. The summed E-state index contributed by atoms with van der Waals surface area (Å²) in [5.41, 5.74) is 2.52. The molecule has 0 aliphatic heterocycles. The van der Waals surface area contributed by atoms with Gasteiger partial charge in [-0.3, -0.25) is 9.59 Å². The highest BCUT2D eigenvalue weighted by molar-refractivity contribution is 7.99. The van der Waals surface area contributed by atoms with Gasteiger partial charge in [0.2, 0.25) is 0 Å². The summed E-state index contributed by atoms with van der Waals surface area (Å²) >= 11 is 1.54. The number of esters is 2. The third kappa shape index (κ3) is 8.78. The van der Waals surface area contributed by atoms with Crippen LogP contribution in [0.5, 0.6) is 11.5 Å². The molecule has 168 valence electrons. The fourth-order valence-corrected chi connectivity index (χ4v) is 3.65. The van der Waals surface area contributed by atoms with Crippen molar-refractivity contribution in [3.05, 3.63) is 59.7 Å². The van der Waals surface area contributed by atoms with Gasteiger partial charge in [0.15, 0.2) is 0 Å². The molecule has 0 unspecified atom stereocenters. The second-order valence-corrected chi connectivity index (χ2v) is 10.8. The Morgan fingerprint density at radius 3 is 1.26 bits per heavy atom. The molecule has 0 saturated carbocycles. The van der Waals surface area contributed by atoms with Crippen molar-refractivity contribution >= 4 is 23.7 Å². The maximum Gasteiger partial charge on any atom is 0.312 e. The van der Waals surface area contributed by atoms with Crippen LogP contribution in [0.1, 0.15) is 65.5 Å². The Labute approximate surface area is 190 Å². The lowest BCUT2D eigenvalue weighted by Gasteiger charge is -2.19. The Kier molecular flexibility index (Phi) is 8.75. The molecule has 31 heavy (non-hydrogen) atoms. The van der Waals surface area contributed by atoms with Crippen molar-refractivity contribution in [2.45, 2.75) is 65.2 Å². The molecule has 0 saturated heterocycles. The van der Waals surface area contributed by atoms with Gasteiger partial charge >= 0.3 is 11.9 Å². The highest BCUT2D eigenvalue weighted by atomic mass is 32.2. The molecule has 0 bridgehead atoms. The van der Waals surface area contributed by atoms with Gasteiger partial charge in [0.1, 0.15) is 11.5 Å². The normalized spacial score (nSPS) is 11.8. The molecule has 5 heteroatoms. The van der Waals surface area contributed by atoms with E-state index in [2.05, 4.69) is 41.5 Å². The number of ether oxygens (including phenoxy) is 2. The first-order chi connectivity index (χ1) is 14.4. The zero-order valence-electron chi connectivity index (χ0n) is 19.5. The summed E-state index contributed by atoms with van der Waals surface area (Å²) in [5, 5.41) is 0. The molecule has 2 rings (SSSR count). The summed E-state index contributed by atoms with van der Waals surface area (Å²) in [6, 6.07) is 15.3. The predicted molar refractivity (Wildman–Crippen MR) is 128 cm³/mol. The molecule has 0 aliphatic carbocycles. The van der Waals surface area contributed by atoms with E-state index in [9.17, 15) is 9.59 Å². The van der Waals surface area contributed by atoms with Crippen molar-refractivity contribution in [2.24, 2.45) is 0 Å². The maximum atomic E-state index is 12.0. The van der Waals surface area contributed by atoms with Gasteiger partial charge in [0, 0.05) is 11.5 Å². The van der Waals surface area contributed by atoms with Crippen LogP contribution >= 0.6 is 11.8 Å². The van der Waals surface area contributed by atoms with Gasteiger partial charge in [-0.2, -0.15) is 11.8 Å². The maximum absolute atomic E-state index is 12.0. The number of benzene rings is 2. The largest absolute Gasteiger partial charge is 0.427 e. The molecule has 0 spiro atoms. The monoisotopic (exact) mass is 442 g/mol. The van der Waals surface area contributed by atoms with Crippen LogP contribution in [-0.4, -0.2) is 23.4 Å². The number of thioether (sulfide) groups is 1. The quantitative estimate of drug-likeness (QED) is 0.272. The minimum absolute atomic E-state index is 0.0657. The first kappa shape index (κ1) is 25.0. The van der Waals surface area contributed by atoms with Gasteiger partial charge in [-0.15, -0.1) is 0 Å². The lowest BCUT2D eigenvalue weighted by atomic mass is 9.87. The fraction of sp³-hybridized carbons (Fsp3) is 0.462. The molecule has 0 amide bonds.